The molecule has 1 heterocycles. The maximum Gasteiger partial charge on any atom is 0.261 e. The van der Waals surface area contributed by atoms with Crippen molar-refractivity contribution in [3.63, 3.8) is 0 Å². The molecule has 2 aliphatic carbocycles. The second kappa shape index (κ2) is 4.45. The molecule has 1 amide bonds. The van der Waals surface area contributed by atoms with Crippen LogP contribution in [0.3, 0.4) is 0 Å². The van der Waals surface area contributed by atoms with Gasteiger partial charge >= 0.3 is 0 Å². The van der Waals surface area contributed by atoms with E-state index in [9.17, 15) is 4.79 Å². The Labute approximate surface area is 106 Å². The molecule has 92 valence electrons. The zero-order valence-corrected chi connectivity index (χ0v) is 11.0. The lowest BCUT2D eigenvalue weighted by molar-refractivity contribution is 0.0919. The minimum atomic E-state index is 0.107. The fourth-order valence-corrected chi connectivity index (χ4v) is 4.33. The standard InChI is InChI=1S/C14H19NOS/c1-9(12-8-10-4-5-11(12)7-10)15-14(16)13-3-2-6-17-13/h2-3,6,9-12H,4-5,7-8H2,1H3,(H,15,16)/t9-,10-,11+,12-/m1/s1. The third-order valence-electron chi connectivity index (χ3n) is 4.54. The van der Waals surface area contributed by atoms with Gasteiger partial charge in [-0.1, -0.05) is 12.5 Å². The molecule has 0 unspecified atom stereocenters. The highest BCUT2D eigenvalue weighted by molar-refractivity contribution is 7.12. The highest BCUT2D eigenvalue weighted by Gasteiger charge is 2.42. The van der Waals surface area contributed by atoms with Gasteiger partial charge in [0.1, 0.15) is 0 Å². The van der Waals surface area contributed by atoms with Crippen LogP contribution in [0.15, 0.2) is 17.5 Å². The Balaban J connectivity index is 1.60. The van der Waals surface area contributed by atoms with Gasteiger partial charge in [-0.2, -0.15) is 0 Å². The average Bonchev–Trinajstić information content (AvgIpc) is 3.05. The first-order valence-corrected chi connectivity index (χ1v) is 7.46. The van der Waals surface area contributed by atoms with E-state index in [1.807, 2.05) is 17.5 Å². The first-order chi connectivity index (χ1) is 8.24. The second-order valence-corrected chi connectivity index (χ2v) is 6.53. The van der Waals surface area contributed by atoms with Crippen LogP contribution in [0.1, 0.15) is 42.3 Å². The van der Waals surface area contributed by atoms with Crippen LogP contribution in [-0.4, -0.2) is 11.9 Å². The molecule has 3 rings (SSSR count). The largest absolute Gasteiger partial charge is 0.349 e. The Kier molecular flexibility index (Phi) is 2.95. The average molecular weight is 249 g/mol. The molecule has 0 spiro atoms. The van der Waals surface area contributed by atoms with Crippen LogP contribution in [0.4, 0.5) is 0 Å². The summed E-state index contributed by atoms with van der Waals surface area (Å²) in [5.74, 6) is 2.65. The van der Waals surface area contributed by atoms with E-state index in [0.717, 1.165) is 22.6 Å². The summed E-state index contributed by atoms with van der Waals surface area (Å²) in [7, 11) is 0. The first kappa shape index (κ1) is 11.3. The molecule has 3 heteroatoms. The third kappa shape index (κ3) is 2.13. The summed E-state index contributed by atoms with van der Waals surface area (Å²) in [4.78, 5) is 12.8. The van der Waals surface area contributed by atoms with E-state index in [0.29, 0.717) is 6.04 Å². The number of fused-ring (bicyclic) bond motifs is 2. The molecule has 1 aromatic rings. The van der Waals surface area contributed by atoms with E-state index in [1.165, 1.54) is 37.0 Å². The van der Waals surface area contributed by atoms with Crippen molar-refractivity contribution in [1.82, 2.24) is 5.32 Å². The molecule has 2 nitrogen and oxygen atoms in total. The number of amides is 1. The quantitative estimate of drug-likeness (QED) is 0.875. The van der Waals surface area contributed by atoms with Crippen molar-refractivity contribution in [2.45, 2.75) is 38.6 Å². The molecule has 0 aromatic carbocycles. The minimum absolute atomic E-state index is 0.107. The highest BCUT2D eigenvalue weighted by atomic mass is 32.1. The molecule has 1 aromatic heterocycles. The molecule has 0 aliphatic heterocycles. The Hall–Kier alpha value is -0.830. The lowest BCUT2D eigenvalue weighted by Crippen LogP contribution is -2.39. The lowest BCUT2D eigenvalue weighted by atomic mass is 9.84. The van der Waals surface area contributed by atoms with Crippen molar-refractivity contribution in [3.8, 4) is 0 Å². The molecular formula is C14H19NOS. The third-order valence-corrected chi connectivity index (χ3v) is 5.41. The summed E-state index contributed by atoms with van der Waals surface area (Å²) in [5, 5.41) is 5.14. The predicted molar refractivity (Wildman–Crippen MR) is 70.2 cm³/mol. The Morgan fingerprint density at radius 3 is 2.94 bits per heavy atom. The summed E-state index contributed by atoms with van der Waals surface area (Å²) in [6, 6.07) is 4.16. The topological polar surface area (TPSA) is 29.1 Å². The number of nitrogens with one attached hydrogen (secondary N) is 1. The van der Waals surface area contributed by atoms with E-state index in [-0.39, 0.29) is 5.91 Å². The van der Waals surface area contributed by atoms with Gasteiger partial charge in [0.25, 0.3) is 5.91 Å². The van der Waals surface area contributed by atoms with Crippen molar-refractivity contribution in [1.29, 1.82) is 0 Å². The molecule has 0 saturated heterocycles. The molecular weight excluding hydrogens is 230 g/mol. The molecule has 2 fully saturated rings. The van der Waals surface area contributed by atoms with Crippen molar-refractivity contribution in [2.75, 3.05) is 0 Å². The van der Waals surface area contributed by atoms with Gasteiger partial charge in [-0.25, -0.2) is 0 Å². The summed E-state index contributed by atoms with van der Waals surface area (Å²) in [6.07, 6.45) is 5.54. The van der Waals surface area contributed by atoms with Crippen molar-refractivity contribution in [2.24, 2.45) is 17.8 Å². The number of thiophene rings is 1. The van der Waals surface area contributed by atoms with E-state index in [2.05, 4.69) is 12.2 Å². The van der Waals surface area contributed by atoms with E-state index in [4.69, 9.17) is 0 Å². The Morgan fingerprint density at radius 2 is 2.35 bits per heavy atom. The SMILES string of the molecule is C[C@@H](NC(=O)c1cccs1)[C@H]1C[C@@H]2CC[C@H]1C2. The van der Waals surface area contributed by atoms with Crippen LogP contribution in [0.2, 0.25) is 0 Å². The fraction of sp³-hybridized carbons (Fsp3) is 0.643. The number of rotatable bonds is 3. The first-order valence-electron chi connectivity index (χ1n) is 6.58. The van der Waals surface area contributed by atoms with Gasteiger partial charge in [0.15, 0.2) is 0 Å². The summed E-state index contributed by atoms with van der Waals surface area (Å²) < 4.78 is 0. The normalized spacial score (nSPS) is 32.6. The zero-order valence-electron chi connectivity index (χ0n) is 10.2. The molecule has 4 atom stereocenters. The van der Waals surface area contributed by atoms with Crippen LogP contribution < -0.4 is 5.32 Å². The molecule has 2 bridgehead atoms. The Bertz CT molecular complexity index is 400. The van der Waals surface area contributed by atoms with E-state index >= 15 is 0 Å². The van der Waals surface area contributed by atoms with Gasteiger partial charge in [-0.05, 0) is 55.4 Å². The maximum atomic E-state index is 12.0. The van der Waals surface area contributed by atoms with Gasteiger partial charge in [0.05, 0.1) is 4.88 Å². The number of carbonyl (C=O) groups excluding carboxylic acids is 1. The minimum Gasteiger partial charge on any atom is -0.349 e. The lowest BCUT2D eigenvalue weighted by Gasteiger charge is -2.28. The van der Waals surface area contributed by atoms with Crippen molar-refractivity contribution >= 4 is 17.2 Å². The van der Waals surface area contributed by atoms with Gasteiger partial charge in [0.2, 0.25) is 0 Å². The van der Waals surface area contributed by atoms with Gasteiger partial charge in [-0.3, -0.25) is 4.79 Å². The Morgan fingerprint density at radius 1 is 1.47 bits per heavy atom. The number of carbonyl (C=O) groups is 1. The van der Waals surface area contributed by atoms with E-state index in [1.54, 1.807) is 0 Å². The smallest absolute Gasteiger partial charge is 0.261 e. The van der Waals surface area contributed by atoms with Crippen LogP contribution >= 0.6 is 11.3 Å². The number of hydrogen-bond donors (Lipinski definition) is 1. The fourth-order valence-electron chi connectivity index (χ4n) is 3.70. The van der Waals surface area contributed by atoms with Crippen molar-refractivity contribution in [3.05, 3.63) is 22.4 Å². The molecule has 1 N–H and O–H groups in total. The van der Waals surface area contributed by atoms with Gasteiger partial charge in [0, 0.05) is 6.04 Å². The van der Waals surface area contributed by atoms with Crippen molar-refractivity contribution < 1.29 is 4.79 Å². The maximum absolute atomic E-state index is 12.0. The molecule has 17 heavy (non-hydrogen) atoms. The van der Waals surface area contributed by atoms with Crippen LogP contribution in [-0.2, 0) is 0 Å². The second-order valence-electron chi connectivity index (χ2n) is 5.58. The summed E-state index contributed by atoms with van der Waals surface area (Å²) in [5.41, 5.74) is 0. The van der Waals surface area contributed by atoms with Crippen LogP contribution in [0, 0.1) is 17.8 Å². The summed E-state index contributed by atoms with van der Waals surface area (Å²) in [6.45, 7) is 2.18. The van der Waals surface area contributed by atoms with Gasteiger partial charge < -0.3 is 5.32 Å². The van der Waals surface area contributed by atoms with Gasteiger partial charge in [-0.15, -0.1) is 11.3 Å². The number of hydrogen-bond acceptors (Lipinski definition) is 2. The highest BCUT2D eigenvalue weighted by Crippen LogP contribution is 2.49. The van der Waals surface area contributed by atoms with Crippen LogP contribution in [0.25, 0.3) is 0 Å². The molecule has 2 aliphatic rings. The van der Waals surface area contributed by atoms with Crippen LogP contribution in [0.5, 0.6) is 0 Å². The van der Waals surface area contributed by atoms with E-state index < -0.39 is 0 Å². The monoisotopic (exact) mass is 249 g/mol. The summed E-state index contributed by atoms with van der Waals surface area (Å²) >= 11 is 1.52. The predicted octanol–water partition coefficient (Wildman–Crippen LogP) is 3.30. The molecule has 0 radical (unpaired) electrons. The zero-order chi connectivity index (χ0) is 11.8. The molecule has 2 saturated carbocycles.